The summed E-state index contributed by atoms with van der Waals surface area (Å²) in [5, 5.41) is 5.09. The molecule has 0 saturated carbocycles. The second kappa shape index (κ2) is 27.2. The molecule has 2 heteroatoms. The zero-order chi connectivity index (χ0) is 47.2. The van der Waals surface area contributed by atoms with Gasteiger partial charge in [0.25, 0.3) is 0 Å². The number of nitrogens with zero attached hydrogens (tertiary/aromatic N) is 2. The minimum atomic E-state index is 1.14. The Morgan fingerprint density at radius 3 is 0.926 bits per heavy atom. The first-order valence-electron chi connectivity index (χ1n) is 26.8. The van der Waals surface area contributed by atoms with Gasteiger partial charge in [0.2, 0.25) is 0 Å². The highest BCUT2D eigenvalue weighted by Crippen LogP contribution is 2.44. The fourth-order valence-corrected chi connectivity index (χ4v) is 9.94. The van der Waals surface area contributed by atoms with Crippen LogP contribution in [0.4, 0.5) is 11.4 Å². The number of benzene rings is 7. The van der Waals surface area contributed by atoms with E-state index < -0.39 is 0 Å². The normalized spacial score (nSPS) is 11.7. The summed E-state index contributed by atoms with van der Waals surface area (Å²) in [6.45, 7) is 13.8. The van der Waals surface area contributed by atoms with Crippen molar-refractivity contribution >= 4 is 57.2 Å². The fourth-order valence-electron chi connectivity index (χ4n) is 9.94. The molecule has 0 heterocycles. The maximum absolute atomic E-state index is 2.62. The van der Waals surface area contributed by atoms with Crippen LogP contribution in [0.3, 0.4) is 0 Å². The van der Waals surface area contributed by atoms with E-state index in [2.05, 4.69) is 207 Å². The van der Waals surface area contributed by atoms with Gasteiger partial charge < -0.3 is 9.80 Å². The zero-order valence-electron chi connectivity index (χ0n) is 42.2. The van der Waals surface area contributed by atoms with Crippen LogP contribution in [0.5, 0.6) is 0 Å². The predicted molar refractivity (Wildman–Crippen MR) is 304 cm³/mol. The van der Waals surface area contributed by atoms with Gasteiger partial charge in [-0.15, -0.1) is 0 Å². The Kier molecular flexibility index (Phi) is 20.0. The van der Waals surface area contributed by atoms with E-state index in [0.717, 1.165) is 26.2 Å². The molecule has 0 aliphatic heterocycles. The Balaban J connectivity index is 1.20. The van der Waals surface area contributed by atoms with Gasteiger partial charge in [0.05, 0.1) is 0 Å². The van der Waals surface area contributed by atoms with Gasteiger partial charge in [-0.2, -0.15) is 0 Å². The third kappa shape index (κ3) is 14.1. The van der Waals surface area contributed by atoms with Crippen LogP contribution < -0.4 is 9.80 Å². The Labute approximate surface area is 411 Å². The van der Waals surface area contributed by atoms with Crippen LogP contribution in [0.15, 0.2) is 146 Å². The molecule has 0 aromatic heterocycles. The second-order valence-corrected chi connectivity index (χ2v) is 19.2. The molecular weight excluding hydrogens is 821 g/mol. The summed E-state index contributed by atoms with van der Waals surface area (Å²) in [7, 11) is 0. The van der Waals surface area contributed by atoms with Crippen LogP contribution in [-0.2, 0) is 0 Å². The number of fused-ring (bicyclic) bond motifs is 2. The van der Waals surface area contributed by atoms with Crippen molar-refractivity contribution in [1.29, 1.82) is 0 Å². The Morgan fingerprint density at radius 2 is 0.603 bits per heavy atom. The summed E-state index contributed by atoms with van der Waals surface area (Å²) < 4.78 is 0. The molecule has 68 heavy (non-hydrogen) atoms. The first-order valence-corrected chi connectivity index (χ1v) is 26.8. The molecule has 0 aliphatic carbocycles. The molecular formula is C66H80N2. The molecule has 0 aliphatic rings. The summed E-state index contributed by atoms with van der Waals surface area (Å²) in [6, 6.07) is 54.7. The highest BCUT2D eigenvalue weighted by atomic mass is 15.1. The summed E-state index contributed by atoms with van der Waals surface area (Å²) in [5.74, 6) is 0. The third-order valence-corrected chi connectivity index (χ3v) is 13.9. The molecule has 0 bridgehead atoms. The van der Waals surface area contributed by atoms with Gasteiger partial charge in [-0.25, -0.2) is 0 Å². The SMILES string of the molecule is CCCCCCN(CCCCCC)c1ccc(/C=C/c2ccc3c(-c4ccccc4)c4cc(/C=C/c5ccc(N(CCCCCC)CCCCCC)cc5)ccc4c(-c4ccccc4)c3c2)cc1. The van der Waals surface area contributed by atoms with E-state index in [-0.39, 0.29) is 0 Å². The summed E-state index contributed by atoms with van der Waals surface area (Å²) in [4.78, 5) is 5.25. The third-order valence-electron chi connectivity index (χ3n) is 13.9. The topological polar surface area (TPSA) is 6.48 Å². The minimum absolute atomic E-state index is 1.14. The lowest BCUT2D eigenvalue weighted by atomic mass is 9.84. The van der Waals surface area contributed by atoms with E-state index in [9.17, 15) is 0 Å². The summed E-state index contributed by atoms with van der Waals surface area (Å²) in [6.07, 6.45) is 29.9. The van der Waals surface area contributed by atoms with Crippen molar-refractivity contribution in [2.75, 3.05) is 36.0 Å². The van der Waals surface area contributed by atoms with Gasteiger partial charge in [-0.1, -0.05) is 238 Å². The van der Waals surface area contributed by atoms with E-state index >= 15 is 0 Å². The smallest absolute Gasteiger partial charge is 0.0366 e. The molecule has 354 valence electrons. The fraction of sp³-hybridized carbons (Fsp3) is 0.364. The maximum atomic E-state index is 2.62. The second-order valence-electron chi connectivity index (χ2n) is 19.2. The average molecular weight is 901 g/mol. The van der Waals surface area contributed by atoms with E-state index in [1.54, 1.807) is 0 Å². The standard InChI is InChI=1S/C66H80N2/c1-5-9-13-23-47-67(48-24-14-10-6-2)59-41-35-53(36-42-59)31-33-55-39-45-61-63(51-55)65(57-27-19-17-20-28-57)62-46-40-56(52-64(62)66(61)58-29-21-18-22-30-58)34-32-54-37-43-60(44-38-54)68(49-25-15-11-7-3)50-26-16-12-8-4/h17-22,27-46,51-52H,5-16,23-26,47-50H2,1-4H3/b33-31+,34-32+. The largest absolute Gasteiger partial charge is 0.372 e. The van der Waals surface area contributed by atoms with Crippen molar-refractivity contribution < 1.29 is 0 Å². The molecule has 0 amide bonds. The molecule has 0 N–H and O–H groups in total. The van der Waals surface area contributed by atoms with Crippen LogP contribution in [0.25, 0.3) is 68.1 Å². The van der Waals surface area contributed by atoms with Crippen molar-refractivity contribution in [2.45, 2.75) is 130 Å². The highest BCUT2D eigenvalue weighted by molar-refractivity contribution is 6.22. The van der Waals surface area contributed by atoms with E-state index in [1.807, 2.05) is 0 Å². The zero-order valence-corrected chi connectivity index (χ0v) is 42.2. The molecule has 0 saturated heterocycles. The summed E-state index contributed by atoms with van der Waals surface area (Å²) in [5.41, 5.74) is 12.6. The molecule has 0 spiro atoms. The molecule has 7 aromatic rings. The van der Waals surface area contributed by atoms with E-state index in [0.29, 0.717) is 0 Å². The van der Waals surface area contributed by atoms with Crippen LogP contribution in [0.2, 0.25) is 0 Å². The van der Waals surface area contributed by atoms with Crippen LogP contribution in [-0.4, -0.2) is 26.2 Å². The lowest BCUT2D eigenvalue weighted by Crippen LogP contribution is -2.25. The number of hydrogen-bond acceptors (Lipinski definition) is 2. The summed E-state index contributed by atoms with van der Waals surface area (Å²) >= 11 is 0. The van der Waals surface area contributed by atoms with E-state index in [4.69, 9.17) is 0 Å². The highest BCUT2D eigenvalue weighted by Gasteiger charge is 2.18. The van der Waals surface area contributed by atoms with Crippen molar-refractivity contribution in [3.63, 3.8) is 0 Å². The number of hydrogen-bond donors (Lipinski definition) is 0. The first-order chi connectivity index (χ1) is 33.6. The van der Waals surface area contributed by atoms with E-state index in [1.165, 1.54) is 180 Å². The van der Waals surface area contributed by atoms with Crippen LogP contribution in [0.1, 0.15) is 153 Å². The maximum Gasteiger partial charge on any atom is 0.0366 e. The lowest BCUT2D eigenvalue weighted by Gasteiger charge is -2.25. The van der Waals surface area contributed by atoms with Gasteiger partial charge in [-0.3, -0.25) is 0 Å². The molecule has 0 fully saturated rings. The van der Waals surface area contributed by atoms with Gasteiger partial charge in [0, 0.05) is 37.6 Å². The first kappa shape index (κ1) is 50.0. The Bertz CT molecular complexity index is 2390. The predicted octanol–water partition coefficient (Wildman–Crippen LogP) is 19.6. The lowest BCUT2D eigenvalue weighted by molar-refractivity contribution is 0.609. The Morgan fingerprint density at radius 1 is 0.294 bits per heavy atom. The molecule has 7 aromatic carbocycles. The number of anilines is 2. The van der Waals surface area contributed by atoms with Gasteiger partial charge in [0.15, 0.2) is 0 Å². The monoisotopic (exact) mass is 901 g/mol. The number of unbranched alkanes of at least 4 members (excludes halogenated alkanes) is 12. The molecule has 7 rings (SSSR count). The molecule has 0 atom stereocenters. The van der Waals surface area contributed by atoms with Crippen LogP contribution in [0, 0.1) is 0 Å². The van der Waals surface area contributed by atoms with Gasteiger partial charge in [0.1, 0.15) is 0 Å². The van der Waals surface area contributed by atoms with Crippen molar-refractivity contribution in [2.24, 2.45) is 0 Å². The molecule has 2 nitrogen and oxygen atoms in total. The Hall–Kier alpha value is -5.86. The molecule has 0 radical (unpaired) electrons. The minimum Gasteiger partial charge on any atom is -0.372 e. The van der Waals surface area contributed by atoms with Crippen LogP contribution >= 0.6 is 0 Å². The van der Waals surface area contributed by atoms with Crippen molar-refractivity contribution in [3.8, 4) is 22.3 Å². The number of rotatable bonds is 28. The average Bonchev–Trinajstić information content (AvgIpc) is 3.39. The van der Waals surface area contributed by atoms with Gasteiger partial charge in [-0.05, 0) is 128 Å². The van der Waals surface area contributed by atoms with Gasteiger partial charge >= 0.3 is 0 Å². The quantitative estimate of drug-likeness (QED) is 0.0275. The molecule has 0 unspecified atom stereocenters. The van der Waals surface area contributed by atoms with Crippen molar-refractivity contribution in [1.82, 2.24) is 0 Å². The van der Waals surface area contributed by atoms with Crippen molar-refractivity contribution in [3.05, 3.63) is 168 Å².